The second-order valence-electron chi connectivity index (χ2n) is 7.69. The maximum Gasteiger partial charge on any atom is 0.236 e. The number of fused-ring (bicyclic) bond motifs is 1. The van der Waals surface area contributed by atoms with Crippen LogP contribution in [0.15, 0.2) is 42.5 Å². The monoisotopic (exact) mass is 377 g/mol. The van der Waals surface area contributed by atoms with Crippen LogP contribution in [-0.2, 0) is 16.1 Å². The van der Waals surface area contributed by atoms with E-state index in [-0.39, 0.29) is 12.5 Å². The van der Waals surface area contributed by atoms with E-state index in [0.717, 1.165) is 42.0 Å². The van der Waals surface area contributed by atoms with Crippen molar-refractivity contribution >= 4 is 22.6 Å². The fourth-order valence-corrected chi connectivity index (χ4v) is 4.25. The topological polar surface area (TPSA) is 87.2 Å². The van der Waals surface area contributed by atoms with Crippen LogP contribution in [0, 0.1) is 23.2 Å². The zero-order valence-electron chi connectivity index (χ0n) is 16.1. The van der Waals surface area contributed by atoms with Crippen molar-refractivity contribution in [3.63, 3.8) is 0 Å². The second-order valence-corrected chi connectivity index (χ2v) is 7.69. The van der Waals surface area contributed by atoms with Crippen molar-refractivity contribution in [3.05, 3.63) is 48.0 Å². The zero-order valence-corrected chi connectivity index (χ0v) is 16.1. The average molecular weight is 377 g/mol. The summed E-state index contributed by atoms with van der Waals surface area (Å²) in [7, 11) is 0. The number of hydrogen-bond donors (Lipinski definition) is 1. The Morgan fingerprint density at radius 2 is 1.82 bits per heavy atom. The molecule has 0 radical (unpaired) electrons. The molecule has 2 N–H and O–H groups in total. The largest absolute Gasteiger partial charge is 0.369 e. The van der Waals surface area contributed by atoms with Gasteiger partial charge in [-0.05, 0) is 28.7 Å². The molecule has 0 heterocycles. The fraction of sp³-hybridized carbons (Fsp3) is 0.435. The highest BCUT2D eigenvalue weighted by Crippen LogP contribution is 2.30. The van der Waals surface area contributed by atoms with Gasteiger partial charge in [0.25, 0.3) is 0 Å². The van der Waals surface area contributed by atoms with Gasteiger partial charge in [0.1, 0.15) is 12.5 Å². The highest BCUT2D eigenvalue weighted by Gasteiger charge is 2.32. The zero-order chi connectivity index (χ0) is 19.9. The van der Waals surface area contributed by atoms with Gasteiger partial charge in [-0.2, -0.15) is 5.26 Å². The summed E-state index contributed by atoms with van der Waals surface area (Å²) in [6.07, 6.45) is 6.07. The Kier molecular flexibility index (Phi) is 6.65. The molecule has 1 fully saturated rings. The van der Waals surface area contributed by atoms with Gasteiger partial charge in [0.15, 0.2) is 0 Å². The smallest absolute Gasteiger partial charge is 0.236 e. The minimum absolute atomic E-state index is 0.0590. The maximum atomic E-state index is 13.2. The number of carbonyl (C=O) groups excluding carboxylic acids is 2. The van der Waals surface area contributed by atoms with E-state index in [0.29, 0.717) is 18.9 Å². The first kappa shape index (κ1) is 19.9. The summed E-state index contributed by atoms with van der Waals surface area (Å²) >= 11 is 0. The van der Waals surface area contributed by atoms with Gasteiger partial charge in [-0.15, -0.1) is 0 Å². The van der Waals surface area contributed by atoms with Crippen LogP contribution in [0.1, 0.15) is 44.1 Å². The van der Waals surface area contributed by atoms with Crippen LogP contribution in [0.5, 0.6) is 0 Å². The first-order valence-corrected chi connectivity index (χ1v) is 10.0. The van der Waals surface area contributed by atoms with Crippen molar-refractivity contribution in [2.24, 2.45) is 17.6 Å². The van der Waals surface area contributed by atoms with Gasteiger partial charge in [0.2, 0.25) is 11.8 Å². The summed E-state index contributed by atoms with van der Waals surface area (Å²) in [5.74, 6) is -1.41. The molecule has 3 rings (SSSR count). The molecule has 1 aliphatic rings. The van der Waals surface area contributed by atoms with Crippen LogP contribution in [0.2, 0.25) is 0 Å². The predicted molar refractivity (Wildman–Crippen MR) is 109 cm³/mol. The third-order valence-electron chi connectivity index (χ3n) is 5.75. The number of primary amides is 1. The van der Waals surface area contributed by atoms with Crippen molar-refractivity contribution in [2.75, 3.05) is 6.54 Å². The number of carbonyl (C=O) groups is 2. The van der Waals surface area contributed by atoms with Gasteiger partial charge in [-0.3, -0.25) is 9.59 Å². The first-order chi connectivity index (χ1) is 13.6. The van der Waals surface area contributed by atoms with Crippen LogP contribution in [0.4, 0.5) is 0 Å². The normalized spacial score (nSPS) is 15.7. The molecule has 5 nitrogen and oxygen atoms in total. The van der Waals surface area contributed by atoms with Crippen molar-refractivity contribution < 1.29 is 9.59 Å². The number of nitrogens with zero attached hydrogens (tertiary/aromatic N) is 2. The average Bonchev–Trinajstić information content (AvgIpc) is 2.72. The van der Waals surface area contributed by atoms with Crippen molar-refractivity contribution in [2.45, 2.75) is 45.1 Å². The minimum Gasteiger partial charge on any atom is -0.369 e. The van der Waals surface area contributed by atoms with E-state index in [1.54, 1.807) is 0 Å². The lowest BCUT2D eigenvalue weighted by atomic mass is 9.82. The number of rotatable bonds is 7. The Morgan fingerprint density at radius 1 is 1.11 bits per heavy atom. The molecule has 0 spiro atoms. The Morgan fingerprint density at radius 3 is 2.54 bits per heavy atom. The molecule has 146 valence electrons. The van der Waals surface area contributed by atoms with E-state index in [1.165, 1.54) is 11.3 Å². The lowest BCUT2D eigenvalue weighted by molar-refractivity contribution is -0.142. The van der Waals surface area contributed by atoms with E-state index in [4.69, 9.17) is 5.73 Å². The van der Waals surface area contributed by atoms with Crippen LogP contribution >= 0.6 is 0 Å². The molecule has 2 amide bonds. The number of nitriles is 1. The third kappa shape index (κ3) is 4.69. The maximum absolute atomic E-state index is 13.2. The molecule has 5 heteroatoms. The molecule has 0 aromatic heterocycles. The summed E-state index contributed by atoms with van der Waals surface area (Å²) in [6.45, 7) is 0.235. The van der Waals surface area contributed by atoms with E-state index in [1.807, 2.05) is 42.5 Å². The molecule has 28 heavy (non-hydrogen) atoms. The van der Waals surface area contributed by atoms with Crippen LogP contribution in [-0.4, -0.2) is 23.3 Å². The number of benzene rings is 2. The molecule has 1 aliphatic carbocycles. The standard InChI is InChI=1S/C23H27N3O2/c24-13-14-26(16-19-11-6-10-18-9-4-5-12-20(18)19)23(28)21(22(25)27)15-17-7-2-1-3-8-17/h4-6,9-12,17,21H,1-3,7-8,14-16H2,(H2,25,27). The molecule has 2 aromatic carbocycles. The second kappa shape index (κ2) is 9.36. The minimum atomic E-state index is -0.855. The lowest BCUT2D eigenvalue weighted by Crippen LogP contribution is -2.42. The van der Waals surface area contributed by atoms with Crippen molar-refractivity contribution in [1.29, 1.82) is 5.26 Å². The Labute approximate surface area is 166 Å². The summed E-state index contributed by atoms with van der Waals surface area (Å²) in [4.78, 5) is 26.7. The van der Waals surface area contributed by atoms with Gasteiger partial charge >= 0.3 is 0 Å². The van der Waals surface area contributed by atoms with E-state index < -0.39 is 11.8 Å². The molecule has 2 aromatic rings. The molecule has 0 saturated heterocycles. The number of amides is 2. The molecule has 0 bridgehead atoms. The predicted octanol–water partition coefficient (Wildman–Crippen LogP) is 3.76. The first-order valence-electron chi connectivity index (χ1n) is 10.0. The van der Waals surface area contributed by atoms with Gasteiger partial charge in [-0.1, -0.05) is 74.6 Å². The van der Waals surface area contributed by atoms with Crippen molar-refractivity contribution in [3.8, 4) is 6.07 Å². The summed E-state index contributed by atoms with van der Waals surface area (Å²) in [6, 6.07) is 15.9. The van der Waals surface area contributed by atoms with E-state index in [9.17, 15) is 14.9 Å². The Hall–Kier alpha value is -2.87. The lowest BCUT2D eigenvalue weighted by Gasteiger charge is -2.28. The highest BCUT2D eigenvalue weighted by atomic mass is 16.2. The third-order valence-corrected chi connectivity index (χ3v) is 5.75. The Bertz CT molecular complexity index is 876. The van der Waals surface area contributed by atoms with Gasteiger partial charge < -0.3 is 10.6 Å². The number of nitrogens with two attached hydrogens (primary N) is 1. The summed E-state index contributed by atoms with van der Waals surface area (Å²) in [5, 5.41) is 11.4. The molecule has 1 atom stereocenters. The quantitative estimate of drug-likeness (QED) is 0.588. The highest BCUT2D eigenvalue weighted by molar-refractivity contribution is 5.99. The molecular weight excluding hydrogens is 350 g/mol. The van der Waals surface area contributed by atoms with Crippen LogP contribution < -0.4 is 5.73 Å². The van der Waals surface area contributed by atoms with Crippen molar-refractivity contribution in [1.82, 2.24) is 4.90 Å². The van der Waals surface area contributed by atoms with E-state index >= 15 is 0 Å². The summed E-state index contributed by atoms with van der Waals surface area (Å²) in [5.41, 5.74) is 6.56. The summed E-state index contributed by atoms with van der Waals surface area (Å²) < 4.78 is 0. The van der Waals surface area contributed by atoms with Gasteiger partial charge in [-0.25, -0.2) is 0 Å². The molecule has 1 saturated carbocycles. The van der Waals surface area contributed by atoms with Crippen LogP contribution in [0.3, 0.4) is 0 Å². The fourth-order valence-electron chi connectivity index (χ4n) is 4.25. The molecule has 0 aliphatic heterocycles. The SMILES string of the molecule is N#CCN(Cc1cccc2ccccc12)C(=O)C(CC1CCCCC1)C(N)=O. The Balaban J connectivity index is 1.81. The van der Waals surface area contributed by atoms with Gasteiger partial charge in [0, 0.05) is 6.54 Å². The van der Waals surface area contributed by atoms with Gasteiger partial charge in [0.05, 0.1) is 6.07 Å². The molecular formula is C23H27N3O2. The van der Waals surface area contributed by atoms with E-state index in [2.05, 4.69) is 6.07 Å². The molecule has 1 unspecified atom stereocenters. The van der Waals surface area contributed by atoms with Crippen LogP contribution in [0.25, 0.3) is 10.8 Å². The number of hydrogen-bond acceptors (Lipinski definition) is 3.